The highest BCUT2D eigenvalue weighted by Crippen LogP contribution is 2.29. The molecule has 102 valence electrons. The quantitative estimate of drug-likeness (QED) is 0.528. The monoisotopic (exact) mass is 277 g/mol. The molecule has 0 N–H and O–H groups in total. The lowest BCUT2D eigenvalue weighted by atomic mass is 10.1. The van der Waals surface area contributed by atoms with Gasteiger partial charge in [-0.15, -0.1) is 0 Å². The van der Waals surface area contributed by atoms with Gasteiger partial charge in [0.2, 0.25) is 0 Å². The van der Waals surface area contributed by atoms with E-state index in [-0.39, 0.29) is 5.82 Å². The molecule has 0 atom stereocenters. The van der Waals surface area contributed by atoms with E-state index < -0.39 is 0 Å². The summed E-state index contributed by atoms with van der Waals surface area (Å²) in [6.07, 6.45) is 0. The van der Waals surface area contributed by atoms with Crippen LogP contribution in [0.25, 0.3) is 33.2 Å². The Hall–Kier alpha value is -2.75. The summed E-state index contributed by atoms with van der Waals surface area (Å²) in [5.74, 6) is -0.278. The highest BCUT2D eigenvalue weighted by Gasteiger charge is 2.13. The third-order valence-corrected chi connectivity index (χ3v) is 3.62. The van der Waals surface area contributed by atoms with Crippen molar-refractivity contribution in [1.29, 1.82) is 0 Å². The van der Waals surface area contributed by atoms with Crippen LogP contribution in [0.1, 0.15) is 0 Å². The van der Waals surface area contributed by atoms with Gasteiger partial charge in [-0.1, -0.05) is 30.3 Å². The van der Waals surface area contributed by atoms with Crippen molar-refractivity contribution in [2.24, 2.45) is 7.05 Å². The molecule has 0 spiro atoms. The van der Waals surface area contributed by atoms with E-state index in [1.54, 1.807) is 10.7 Å². The number of benzene rings is 2. The average Bonchev–Trinajstić information content (AvgIpc) is 2.83. The van der Waals surface area contributed by atoms with Crippen LogP contribution in [0.15, 0.2) is 54.6 Å². The predicted octanol–water partition coefficient (Wildman–Crippen LogP) is 3.93. The van der Waals surface area contributed by atoms with Crippen LogP contribution in [0.2, 0.25) is 0 Å². The van der Waals surface area contributed by atoms with Crippen molar-refractivity contribution in [2.45, 2.75) is 0 Å². The zero-order chi connectivity index (χ0) is 14.4. The molecular weight excluding hydrogens is 265 g/mol. The van der Waals surface area contributed by atoms with E-state index in [4.69, 9.17) is 0 Å². The first-order valence-electron chi connectivity index (χ1n) is 6.71. The van der Waals surface area contributed by atoms with Crippen molar-refractivity contribution >= 4 is 21.9 Å². The topological polar surface area (TPSA) is 30.7 Å². The molecule has 0 bridgehead atoms. The number of aryl methyl sites for hydroxylation is 1. The molecule has 2 heterocycles. The van der Waals surface area contributed by atoms with Crippen molar-refractivity contribution in [3.63, 3.8) is 0 Å². The maximum absolute atomic E-state index is 13.3. The molecule has 0 aliphatic carbocycles. The van der Waals surface area contributed by atoms with Crippen LogP contribution in [0.4, 0.5) is 4.39 Å². The molecule has 0 amide bonds. The standard InChI is InChI=1S/C17H12FN3/c1-21-17-14(16(20-21)11-5-3-2-4-6-11)9-12-7-8-13(18)10-15(12)19-17/h2-10H,1H3. The number of hydrogen-bond acceptors (Lipinski definition) is 2. The van der Waals surface area contributed by atoms with Crippen molar-refractivity contribution < 1.29 is 4.39 Å². The molecule has 0 aliphatic heterocycles. The summed E-state index contributed by atoms with van der Waals surface area (Å²) >= 11 is 0. The smallest absolute Gasteiger partial charge is 0.158 e. The molecule has 0 saturated carbocycles. The Morgan fingerprint density at radius 3 is 2.62 bits per heavy atom. The van der Waals surface area contributed by atoms with Crippen molar-refractivity contribution in [2.75, 3.05) is 0 Å². The number of rotatable bonds is 1. The molecule has 0 saturated heterocycles. The van der Waals surface area contributed by atoms with E-state index in [0.29, 0.717) is 5.52 Å². The minimum Gasteiger partial charge on any atom is -0.250 e. The lowest BCUT2D eigenvalue weighted by Gasteiger charge is -2.00. The molecule has 0 unspecified atom stereocenters. The Bertz CT molecular complexity index is 958. The van der Waals surface area contributed by atoms with E-state index in [2.05, 4.69) is 10.1 Å². The van der Waals surface area contributed by atoms with Gasteiger partial charge in [0.25, 0.3) is 0 Å². The van der Waals surface area contributed by atoms with Gasteiger partial charge < -0.3 is 0 Å². The van der Waals surface area contributed by atoms with Crippen molar-refractivity contribution in [3.8, 4) is 11.3 Å². The summed E-state index contributed by atoms with van der Waals surface area (Å²) in [5, 5.41) is 6.45. The highest BCUT2D eigenvalue weighted by atomic mass is 19.1. The van der Waals surface area contributed by atoms with Crippen LogP contribution >= 0.6 is 0 Å². The van der Waals surface area contributed by atoms with E-state index >= 15 is 0 Å². The molecular formula is C17H12FN3. The summed E-state index contributed by atoms with van der Waals surface area (Å²) in [4.78, 5) is 4.54. The van der Waals surface area contributed by atoms with E-state index in [9.17, 15) is 4.39 Å². The zero-order valence-corrected chi connectivity index (χ0v) is 11.4. The van der Waals surface area contributed by atoms with Gasteiger partial charge in [-0.2, -0.15) is 5.10 Å². The molecule has 4 heteroatoms. The van der Waals surface area contributed by atoms with Gasteiger partial charge in [0.05, 0.1) is 5.52 Å². The van der Waals surface area contributed by atoms with Crippen LogP contribution < -0.4 is 0 Å². The second-order valence-electron chi connectivity index (χ2n) is 5.03. The van der Waals surface area contributed by atoms with Crippen molar-refractivity contribution in [3.05, 3.63) is 60.4 Å². The Morgan fingerprint density at radius 1 is 1.00 bits per heavy atom. The van der Waals surface area contributed by atoms with E-state index in [0.717, 1.165) is 27.7 Å². The Kier molecular flexibility index (Phi) is 2.51. The van der Waals surface area contributed by atoms with Crippen LogP contribution in [0, 0.1) is 5.82 Å². The minimum absolute atomic E-state index is 0.278. The molecule has 4 aromatic rings. The Labute approximate surface area is 120 Å². The van der Waals surface area contributed by atoms with E-state index in [1.807, 2.05) is 43.4 Å². The average molecular weight is 277 g/mol. The van der Waals surface area contributed by atoms with Gasteiger partial charge in [-0.25, -0.2) is 14.1 Å². The van der Waals surface area contributed by atoms with Crippen LogP contribution in [-0.4, -0.2) is 14.8 Å². The number of hydrogen-bond donors (Lipinski definition) is 0. The first-order valence-corrected chi connectivity index (χ1v) is 6.71. The largest absolute Gasteiger partial charge is 0.250 e. The highest BCUT2D eigenvalue weighted by molar-refractivity contribution is 5.98. The zero-order valence-electron chi connectivity index (χ0n) is 11.4. The van der Waals surface area contributed by atoms with Crippen LogP contribution in [-0.2, 0) is 7.05 Å². The summed E-state index contributed by atoms with van der Waals surface area (Å²) in [5.41, 5.74) is 3.34. The maximum Gasteiger partial charge on any atom is 0.158 e. The fourth-order valence-electron chi connectivity index (χ4n) is 2.61. The van der Waals surface area contributed by atoms with E-state index in [1.165, 1.54) is 12.1 Å². The molecule has 2 aromatic carbocycles. The fraction of sp³-hybridized carbons (Fsp3) is 0.0588. The number of aromatic nitrogens is 3. The second kappa shape index (κ2) is 4.38. The molecule has 0 aliphatic rings. The lowest BCUT2D eigenvalue weighted by molar-refractivity contribution is 0.629. The molecule has 2 aromatic heterocycles. The minimum atomic E-state index is -0.278. The van der Waals surface area contributed by atoms with Gasteiger partial charge >= 0.3 is 0 Å². The Morgan fingerprint density at radius 2 is 1.81 bits per heavy atom. The Balaban J connectivity index is 2.08. The van der Waals surface area contributed by atoms with Crippen molar-refractivity contribution in [1.82, 2.24) is 14.8 Å². The molecule has 21 heavy (non-hydrogen) atoms. The van der Waals surface area contributed by atoms with Gasteiger partial charge in [0.15, 0.2) is 5.65 Å². The van der Waals surface area contributed by atoms with Gasteiger partial charge in [-0.3, -0.25) is 0 Å². The number of halogens is 1. The SMILES string of the molecule is Cn1nc(-c2ccccc2)c2cc3ccc(F)cc3nc21. The predicted molar refractivity (Wildman–Crippen MR) is 81.4 cm³/mol. The van der Waals surface area contributed by atoms with Crippen LogP contribution in [0.3, 0.4) is 0 Å². The summed E-state index contributed by atoms with van der Waals surface area (Å²) < 4.78 is 15.1. The first kappa shape index (κ1) is 12.0. The van der Waals surface area contributed by atoms with Gasteiger partial charge in [-0.05, 0) is 18.2 Å². The molecule has 0 radical (unpaired) electrons. The van der Waals surface area contributed by atoms with Gasteiger partial charge in [0.1, 0.15) is 11.5 Å². The maximum atomic E-state index is 13.3. The molecule has 3 nitrogen and oxygen atoms in total. The molecule has 0 fully saturated rings. The normalized spacial score (nSPS) is 11.3. The fourth-order valence-corrected chi connectivity index (χ4v) is 2.61. The van der Waals surface area contributed by atoms with Crippen LogP contribution in [0.5, 0.6) is 0 Å². The first-order chi connectivity index (χ1) is 10.2. The second-order valence-corrected chi connectivity index (χ2v) is 5.03. The molecule has 4 rings (SSSR count). The number of nitrogens with zero attached hydrogens (tertiary/aromatic N) is 3. The summed E-state index contributed by atoms with van der Waals surface area (Å²) in [6, 6.07) is 16.7. The number of fused-ring (bicyclic) bond motifs is 2. The number of pyridine rings is 1. The van der Waals surface area contributed by atoms with Gasteiger partial charge in [0, 0.05) is 29.4 Å². The third-order valence-electron chi connectivity index (χ3n) is 3.62. The summed E-state index contributed by atoms with van der Waals surface area (Å²) in [7, 11) is 1.85. The lowest BCUT2D eigenvalue weighted by Crippen LogP contribution is -1.92. The third kappa shape index (κ3) is 1.88. The summed E-state index contributed by atoms with van der Waals surface area (Å²) in [6.45, 7) is 0.